The molecule has 0 saturated heterocycles. The van der Waals surface area contributed by atoms with Crippen LogP contribution in [0.1, 0.15) is 19.4 Å². The molecular weight excluding hydrogens is 552 g/mol. The summed E-state index contributed by atoms with van der Waals surface area (Å²) in [4.78, 5) is 71.6. The van der Waals surface area contributed by atoms with Crippen molar-refractivity contribution < 1.29 is 57.2 Å². The van der Waals surface area contributed by atoms with Crippen LogP contribution in [0.15, 0.2) is 72.8 Å². The van der Waals surface area contributed by atoms with Crippen molar-refractivity contribution in [2.75, 3.05) is 34.0 Å². The molecule has 42 heavy (non-hydrogen) atoms. The van der Waals surface area contributed by atoms with Crippen LogP contribution in [0.4, 0.5) is 0 Å². The summed E-state index contributed by atoms with van der Waals surface area (Å²) in [5.74, 6) is -6.31. The Balaban J connectivity index is 2.47. The second kappa shape index (κ2) is 14.9. The van der Waals surface area contributed by atoms with Crippen molar-refractivity contribution in [3.8, 4) is 16.9 Å². The van der Waals surface area contributed by atoms with Crippen molar-refractivity contribution in [3.05, 3.63) is 78.4 Å². The fraction of sp³-hybridized carbons (Fsp3) is 0.267. The number of hydrogen-bond acceptors (Lipinski definition) is 12. The first-order valence-corrected chi connectivity index (χ1v) is 12.2. The Bertz CT molecular complexity index is 1340. The second-order valence-corrected chi connectivity index (χ2v) is 9.04. The molecule has 12 nitrogen and oxygen atoms in total. The molecule has 0 aliphatic rings. The summed E-state index contributed by atoms with van der Waals surface area (Å²) in [6.07, 6.45) is 0. The summed E-state index contributed by atoms with van der Waals surface area (Å²) in [7, 11) is 1.97. The highest BCUT2D eigenvalue weighted by atomic mass is 16.6. The van der Waals surface area contributed by atoms with E-state index in [1.807, 2.05) is 0 Å². The smallest absolute Gasteiger partial charge is 0.417 e. The summed E-state index contributed by atoms with van der Waals surface area (Å²) in [5.41, 5.74) is 0.532. The quantitative estimate of drug-likeness (QED) is 0.126. The fourth-order valence-corrected chi connectivity index (χ4v) is 3.32. The topological polar surface area (TPSA) is 158 Å². The van der Waals surface area contributed by atoms with Crippen molar-refractivity contribution in [1.29, 1.82) is 0 Å². The average Bonchev–Trinajstić information content (AvgIpc) is 2.99. The molecule has 222 valence electrons. The first-order chi connectivity index (χ1) is 19.8. The van der Waals surface area contributed by atoms with E-state index in [2.05, 4.69) is 22.6 Å². The molecule has 2 rings (SSSR count). The molecule has 12 heteroatoms. The van der Waals surface area contributed by atoms with Gasteiger partial charge in [0.2, 0.25) is 0 Å². The average molecular weight is 583 g/mol. The number of carbonyl (C=O) groups is 6. The predicted octanol–water partition coefficient (Wildman–Crippen LogP) is 2.62. The molecule has 0 aliphatic heterocycles. The SMILES string of the molecule is C=C(C)C(=O)OCC(COC(=O)C(=O)OC)(COC(=O)C(=O)OC)c1ccc(-c2ccc(OC(=O)C(=C)C)cc2)cc1. The Morgan fingerprint density at radius 1 is 0.571 bits per heavy atom. The number of ether oxygens (including phenoxy) is 6. The van der Waals surface area contributed by atoms with Gasteiger partial charge in [-0.1, -0.05) is 49.6 Å². The molecular formula is C30H30O12. The minimum Gasteiger partial charge on any atom is -0.461 e. The summed E-state index contributed by atoms with van der Waals surface area (Å²) in [5, 5.41) is 0. The van der Waals surface area contributed by atoms with Crippen LogP contribution in [0.2, 0.25) is 0 Å². The summed E-state index contributed by atoms with van der Waals surface area (Å²) in [6.45, 7) is 8.25. The Morgan fingerprint density at radius 2 is 0.952 bits per heavy atom. The third-order valence-corrected chi connectivity index (χ3v) is 5.74. The van der Waals surface area contributed by atoms with Crippen LogP contribution < -0.4 is 4.74 Å². The van der Waals surface area contributed by atoms with Crippen molar-refractivity contribution in [3.63, 3.8) is 0 Å². The molecule has 0 spiro atoms. The zero-order valence-corrected chi connectivity index (χ0v) is 23.6. The first-order valence-electron chi connectivity index (χ1n) is 12.2. The highest BCUT2D eigenvalue weighted by Crippen LogP contribution is 2.30. The van der Waals surface area contributed by atoms with Crippen LogP contribution >= 0.6 is 0 Å². The molecule has 0 bridgehead atoms. The minimum absolute atomic E-state index is 0.0646. The van der Waals surface area contributed by atoms with Gasteiger partial charge in [0.1, 0.15) is 25.6 Å². The van der Waals surface area contributed by atoms with Crippen molar-refractivity contribution in [1.82, 2.24) is 0 Å². The molecule has 2 aromatic carbocycles. The van der Waals surface area contributed by atoms with Crippen molar-refractivity contribution in [2.24, 2.45) is 0 Å². The van der Waals surface area contributed by atoms with Crippen LogP contribution in [0.25, 0.3) is 11.1 Å². The molecule has 0 aromatic heterocycles. The molecule has 2 aromatic rings. The lowest BCUT2D eigenvalue weighted by atomic mass is 9.81. The van der Waals surface area contributed by atoms with Crippen LogP contribution in [-0.2, 0) is 57.9 Å². The van der Waals surface area contributed by atoms with Crippen LogP contribution in [0.3, 0.4) is 0 Å². The van der Waals surface area contributed by atoms with E-state index in [0.717, 1.165) is 19.8 Å². The van der Waals surface area contributed by atoms with Crippen LogP contribution in [-0.4, -0.2) is 69.9 Å². The van der Waals surface area contributed by atoms with Gasteiger partial charge in [0.25, 0.3) is 0 Å². The normalized spacial score (nSPS) is 10.5. The zero-order chi connectivity index (χ0) is 31.4. The van der Waals surface area contributed by atoms with E-state index >= 15 is 0 Å². The van der Waals surface area contributed by atoms with Gasteiger partial charge in [0.15, 0.2) is 0 Å². The van der Waals surface area contributed by atoms with Gasteiger partial charge in [0.05, 0.1) is 19.6 Å². The predicted molar refractivity (Wildman–Crippen MR) is 146 cm³/mol. The van der Waals surface area contributed by atoms with E-state index in [-0.39, 0.29) is 11.1 Å². The van der Waals surface area contributed by atoms with Gasteiger partial charge < -0.3 is 28.4 Å². The lowest BCUT2D eigenvalue weighted by molar-refractivity contribution is -0.172. The van der Waals surface area contributed by atoms with Gasteiger partial charge in [-0.2, -0.15) is 0 Å². The van der Waals surface area contributed by atoms with E-state index < -0.39 is 61.1 Å². The lowest BCUT2D eigenvalue weighted by Crippen LogP contribution is -2.44. The monoisotopic (exact) mass is 582 g/mol. The van der Waals surface area contributed by atoms with Gasteiger partial charge in [-0.05, 0) is 42.7 Å². The Labute approximate surface area is 241 Å². The summed E-state index contributed by atoms with van der Waals surface area (Å²) < 4.78 is 29.5. The third-order valence-electron chi connectivity index (χ3n) is 5.74. The van der Waals surface area contributed by atoms with E-state index in [0.29, 0.717) is 16.9 Å². The lowest BCUT2D eigenvalue weighted by Gasteiger charge is -2.32. The molecule has 0 saturated carbocycles. The van der Waals surface area contributed by atoms with E-state index in [9.17, 15) is 28.8 Å². The fourth-order valence-electron chi connectivity index (χ4n) is 3.32. The summed E-state index contributed by atoms with van der Waals surface area (Å²) >= 11 is 0. The standard InChI is InChI=1S/C30H30O12/c1-18(2)24(31)39-15-30(16-40-28(35)26(33)37-5,17-41-29(36)27(34)38-6)22-11-7-20(8-12-22)21-9-13-23(14-10-21)42-25(32)19(3)4/h7-14H,1,3,15-17H2,2,4-6H3. The molecule has 0 unspecified atom stereocenters. The van der Waals surface area contributed by atoms with Crippen molar-refractivity contribution in [2.45, 2.75) is 19.3 Å². The number of rotatable bonds is 11. The van der Waals surface area contributed by atoms with Gasteiger partial charge in [-0.3, -0.25) is 0 Å². The number of esters is 6. The third kappa shape index (κ3) is 8.88. The van der Waals surface area contributed by atoms with Crippen molar-refractivity contribution >= 4 is 35.8 Å². The first kappa shape index (κ1) is 32.9. The maximum atomic E-state index is 12.3. The Morgan fingerprint density at radius 3 is 1.33 bits per heavy atom. The molecule has 0 radical (unpaired) electrons. The Kier molecular flexibility index (Phi) is 11.7. The second-order valence-electron chi connectivity index (χ2n) is 9.04. The van der Waals surface area contributed by atoms with Crippen LogP contribution in [0.5, 0.6) is 5.75 Å². The minimum atomic E-state index is -1.59. The number of benzene rings is 2. The van der Waals surface area contributed by atoms with Gasteiger partial charge in [0, 0.05) is 11.1 Å². The molecule has 0 heterocycles. The molecule has 0 N–H and O–H groups in total. The summed E-state index contributed by atoms with van der Waals surface area (Å²) in [6, 6.07) is 13.2. The number of methoxy groups -OCH3 is 2. The van der Waals surface area contributed by atoms with Gasteiger partial charge in [-0.25, -0.2) is 28.8 Å². The molecule has 0 fully saturated rings. The highest BCUT2D eigenvalue weighted by molar-refractivity contribution is 6.30. The zero-order valence-electron chi connectivity index (χ0n) is 23.6. The highest BCUT2D eigenvalue weighted by Gasteiger charge is 2.39. The van der Waals surface area contributed by atoms with E-state index in [4.69, 9.17) is 18.9 Å². The van der Waals surface area contributed by atoms with E-state index in [1.54, 1.807) is 48.5 Å². The maximum absolute atomic E-state index is 12.3. The molecule has 0 amide bonds. The Hall–Kier alpha value is -5.26. The molecule has 0 atom stereocenters. The maximum Gasteiger partial charge on any atom is 0.417 e. The van der Waals surface area contributed by atoms with Gasteiger partial charge >= 0.3 is 35.8 Å². The number of carbonyl (C=O) groups excluding carboxylic acids is 6. The molecule has 0 aliphatic carbocycles. The van der Waals surface area contributed by atoms with Crippen LogP contribution in [0, 0.1) is 0 Å². The van der Waals surface area contributed by atoms with E-state index in [1.165, 1.54) is 13.8 Å². The number of hydrogen-bond donors (Lipinski definition) is 0. The van der Waals surface area contributed by atoms with Gasteiger partial charge in [-0.15, -0.1) is 0 Å². The largest absolute Gasteiger partial charge is 0.461 e.